The van der Waals surface area contributed by atoms with E-state index in [1.807, 2.05) is 12.1 Å². The Bertz CT molecular complexity index is 2230. The van der Waals surface area contributed by atoms with Crippen LogP contribution in [0, 0.1) is 5.82 Å². The molecule has 200 valence electrons. The zero-order valence-electron chi connectivity index (χ0n) is 23.5. The van der Waals surface area contributed by atoms with Crippen molar-refractivity contribution >= 4 is 21.8 Å². The Morgan fingerprint density at radius 3 is 1.95 bits per heavy atom. The van der Waals surface area contributed by atoms with Gasteiger partial charge >= 0.3 is 0 Å². The molecule has 0 fully saturated rings. The molecule has 2 aliphatic rings. The fourth-order valence-corrected chi connectivity index (χ4v) is 8.15. The molecule has 1 spiro atoms. The number of hydrogen-bond acceptors (Lipinski definition) is 0. The van der Waals surface area contributed by atoms with E-state index in [4.69, 9.17) is 0 Å². The normalized spacial score (nSPS) is 17.7. The average molecular weight is 542 g/mol. The van der Waals surface area contributed by atoms with Crippen LogP contribution in [0.4, 0.5) is 4.39 Å². The number of nitrogens with zero attached hydrogens (tertiary/aromatic N) is 1. The Balaban J connectivity index is 1.52. The van der Waals surface area contributed by atoms with Gasteiger partial charge in [0.1, 0.15) is 5.82 Å². The summed E-state index contributed by atoms with van der Waals surface area (Å²) in [6, 6.07) is 47.4. The summed E-state index contributed by atoms with van der Waals surface area (Å²) < 4.78 is 16.4. The van der Waals surface area contributed by atoms with Crippen LogP contribution in [-0.4, -0.2) is 4.57 Å². The van der Waals surface area contributed by atoms with Crippen LogP contribution >= 0.6 is 0 Å². The number of aromatic nitrogens is 1. The molecular weight excluding hydrogens is 513 g/mol. The third-order valence-corrected chi connectivity index (χ3v) is 9.93. The molecule has 0 saturated heterocycles. The highest BCUT2D eigenvalue weighted by Crippen LogP contribution is 2.60. The van der Waals surface area contributed by atoms with Crippen molar-refractivity contribution in [1.29, 1.82) is 0 Å². The van der Waals surface area contributed by atoms with E-state index in [1.54, 1.807) is 12.1 Å². The Hall–Kier alpha value is -4.95. The third-order valence-electron chi connectivity index (χ3n) is 9.93. The average Bonchev–Trinajstić information content (AvgIpc) is 3.37. The van der Waals surface area contributed by atoms with Crippen LogP contribution in [0.1, 0.15) is 47.2 Å². The van der Waals surface area contributed by atoms with Crippen molar-refractivity contribution in [3.05, 3.63) is 173 Å². The molecule has 7 aromatic rings. The summed E-state index contributed by atoms with van der Waals surface area (Å²) in [5.74, 6) is -0.219. The van der Waals surface area contributed by atoms with Crippen molar-refractivity contribution in [1.82, 2.24) is 4.57 Å². The van der Waals surface area contributed by atoms with E-state index in [2.05, 4.69) is 128 Å². The standard InChI is InChI=1S/C40H28FN/c1-39(2)30-12-4-5-13-32(30)40(35-24-26(20-23-31(35)39)25-18-21-27(41)22-19-25)33-14-6-8-17-37(33)42-36-16-7-3-10-28(36)29-11-9-15-34(40)38(29)42/h3-24H,1-2H3. The first-order valence-electron chi connectivity index (χ1n) is 14.6. The molecule has 2 heteroatoms. The van der Waals surface area contributed by atoms with Gasteiger partial charge in [-0.15, -0.1) is 0 Å². The largest absolute Gasteiger partial charge is 0.309 e. The summed E-state index contributed by atoms with van der Waals surface area (Å²) in [5, 5.41) is 2.54. The lowest BCUT2D eigenvalue weighted by molar-refractivity contribution is 0.556. The summed E-state index contributed by atoms with van der Waals surface area (Å²) in [6.45, 7) is 4.70. The SMILES string of the molecule is CC1(C)c2ccccc2C2(c3ccccc3-n3c4ccccc4c4cccc2c43)c2cc(-c3ccc(F)cc3)ccc21. The summed E-state index contributed by atoms with van der Waals surface area (Å²) >= 11 is 0. The van der Waals surface area contributed by atoms with Crippen LogP contribution in [0.3, 0.4) is 0 Å². The molecule has 42 heavy (non-hydrogen) atoms. The van der Waals surface area contributed by atoms with E-state index in [1.165, 1.54) is 60.9 Å². The maximum absolute atomic E-state index is 13.9. The summed E-state index contributed by atoms with van der Waals surface area (Å²) in [7, 11) is 0. The maximum atomic E-state index is 13.9. The van der Waals surface area contributed by atoms with Crippen LogP contribution in [0.5, 0.6) is 0 Å². The van der Waals surface area contributed by atoms with Gasteiger partial charge in [0.15, 0.2) is 0 Å². The molecule has 1 atom stereocenters. The second-order valence-electron chi connectivity index (χ2n) is 12.3. The van der Waals surface area contributed by atoms with Crippen LogP contribution in [0.25, 0.3) is 38.6 Å². The van der Waals surface area contributed by atoms with Crippen LogP contribution in [0.15, 0.2) is 133 Å². The number of benzene rings is 6. The number of halogens is 1. The summed E-state index contributed by atoms with van der Waals surface area (Å²) in [4.78, 5) is 0. The van der Waals surface area contributed by atoms with Crippen molar-refractivity contribution in [2.75, 3.05) is 0 Å². The maximum Gasteiger partial charge on any atom is 0.123 e. The second-order valence-corrected chi connectivity index (χ2v) is 12.3. The van der Waals surface area contributed by atoms with Gasteiger partial charge in [0.05, 0.1) is 22.1 Å². The highest BCUT2D eigenvalue weighted by Gasteiger charge is 2.52. The first-order chi connectivity index (χ1) is 20.5. The molecule has 0 bridgehead atoms. The molecule has 0 saturated carbocycles. The van der Waals surface area contributed by atoms with E-state index >= 15 is 0 Å². The Morgan fingerprint density at radius 1 is 0.500 bits per heavy atom. The molecule has 6 aromatic carbocycles. The first-order valence-corrected chi connectivity index (χ1v) is 14.6. The van der Waals surface area contributed by atoms with E-state index in [-0.39, 0.29) is 11.2 Å². The molecule has 1 aliphatic heterocycles. The van der Waals surface area contributed by atoms with E-state index in [0.717, 1.165) is 11.1 Å². The van der Waals surface area contributed by atoms with E-state index in [0.29, 0.717) is 0 Å². The number of fused-ring (bicyclic) bond motifs is 11. The van der Waals surface area contributed by atoms with E-state index in [9.17, 15) is 4.39 Å². The zero-order chi connectivity index (χ0) is 28.2. The molecule has 1 nitrogen and oxygen atoms in total. The van der Waals surface area contributed by atoms with Gasteiger partial charge < -0.3 is 4.57 Å². The Morgan fingerprint density at radius 2 is 1.12 bits per heavy atom. The number of para-hydroxylation sites is 3. The quantitative estimate of drug-likeness (QED) is 0.195. The smallest absolute Gasteiger partial charge is 0.123 e. The summed E-state index contributed by atoms with van der Waals surface area (Å²) in [6.07, 6.45) is 0. The van der Waals surface area contributed by atoms with Crippen LogP contribution in [0.2, 0.25) is 0 Å². The van der Waals surface area contributed by atoms with E-state index < -0.39 is 5.41 Å². The van der Waals surface area contributed by atoms with Crippen LogP contribution in [-0.2, 0) is 10.8 Å². The molecular formula is C40H28FN. The second kappa shape index (κ2) is 8.08. The minimum absolute atomic E-state index is 0.203. The molecule has 2 heterocycles. The Kier molecular flexibility index (Phi) is 4.56. The van der Waals surface area contributed by atoms with Crippen molar-refractivity contribution in [2.24, 2.45) is 0 Å². The van der Waals surface area contributed by atoms with Gasteiger partial charge in [0, 0.05) is 16.2 Å². The fraction of sp³-hybridized carbons (Fsp3) is 0.100. The Labute approximate surface area is 244 Å². The minimum Gasteiger partial charge on any atom is -0.309 e. The molecule has 1 unspecified atom stereocenters. The fourth-order valence-electron chi connectivity index (χ4n) is 8.15. The molecule has 0 amide bonds. The van der Waals surface area contributed by atoms with Gasteiger partial charge in [-0.25, -0.2) is 4.39 Å². The lowest BCUT2D eigenvalue weighted by atomic mass is 9.53. The number of rotatable bonds is 1. The van der Waals surface area contributed by atoms with Crippen molar-refractivity contribution < 1.29 is 4.39 Å². The minimum atomic E-state index is -0.530. The predicted molar refractivity (Wildman–Crippen MR) is 170 cm³/mol. The predicted octanol–water partition coefficient (Wildman–Crippen LogP) is 9.93. The van der Waals surface area contributed by atoms with Crippen molar-refractivity contribution in [3.63, 3.8) is 0 Å². The van der Waals surface area contributed by atoms with Gasteiger partial charge in [-0.3, -0.25) is 0 Å². The van der Waals surface area contributed by atoms with Gasteiger partial charge in [-0.1, -0.05) is 117 Å². The molecule has 0 radical (unpaired) electrons. The summed E-state index contributed by atoms with van der Waals surface area (Å²) in [5.41, 5.74) is 13.0. The van der Waals surface area contributed by atoms with Gasteiger partial charge in [0.2, 0.25) is 0 Å². The molecule has 1 aromatic heterocycles. The topological polar surface area (TPSA) is 4.93 Å². The molecule has 9 rings (SSSR count). The highest BCUT2D eigenvalue weighted by molar-refractivity contribution is 6.12. The zero-order valence-corrected chi connectivity index (χ0v) is 23.5. The molecule has 0 N–H and O–H groups in total. The van der Waals surface area contributed by atoms with Crippen molar-refractivity contribution in [2.45, 2.75) is 24.7 Å². The third kappa shape index (κ3) is 2.77. The number of hydrogen-bond donors (Lipinski definition) is 0. The van der Waals surface area contributed by atoms with Gasteiger partial charge in [-0.05, 0) is 74.8 Å². The lowest BCUT2D eigenvalue weighted by Gasteiger charge is -2.50. The van der Waals surface area contributed by atoms with Crippen molar-refractivity contribution in [3.8, 4) is 16.8 Å². The monoisotopic (exact) mass is 541 g/mol. The molecule has 1 aliphatic carbocycles. The first kappa shape index (κ1) is 23.7. The van der Waals surface area contributed by atoms with Crippen LogP contribution < -0.4 is 0 Å². The van der Waals surface area contributed by atoms with Gasteiger partial charge in [-0.2, -0.15) is 0 Å². The highest BCUT2D eigenvalue weighted by atomic mass is 19.1. The lowest BCUT2D eigenvalue weighted by Crippen LogP contribution is -2.44. The van der Waals surface area contributed by atoms with Gasteiger partial charge in [0.25, 0.3) is 0 Å².